The lowest BCUT2D eigenvalue weighted by molar-refractivity contribution is -0.115. The van der Waals surface area contributed by atoms with E-state index in [0.717, 1.165) is 19.5 Å². The highest BCUT2D eigenvalue weighted by molar-refractivity contribution is 6.00. The number of carboxylic acid groups (broad SMARTS) is 1. The summed E-state index contributed by atoms with van der Waals surface area (Å²) in [5.74, 6) is -0.487. The number of anilines is 2. The van der Waals surface area contributed by atoms with Crippen molar-refractivity contribution in [1.29, 1.82) is 0 Å². The minimum atomic E-state index is -1.10. The molecule has 0 aliphatic carbocycles. The Kier molecular flexibility index (Phi) is 10.1. The van der Waals surface area contributed by atoms with Gasteiger partial charge in [-0.25, -0.2) is 4.79 Å². The molecular weight excluding hydrogens is 548 g/mol. The lowest BCUT2D eigenvalue weighted by Gasteiger charge is -2.25. The van der Waals surface area contributed by atoms with Gasteiger partial charge in [0, 0.05) is 26.4 Å². The molecule has 0 radical (unpaired) electrons. The van der Waals surface area contributed by atoms with Crippen LogP contribution in [0.4, 0.5) is 11.4 Å². The molecule has 1 saturated heterocycles. The van der Waals surface area contributed by atoms with E-state index < -0.39 is 5.97 Å². The Morgan fingerprint density at radius 3 is 1.81 bits per heavy atom. The van der Waals surface area contributed by atoms with E-state index in [4.69, 9.17) is 24.1 Å². The molecule has 13 heteroatoms. The first-order valence-electron chi connectivity index (χ1n) is 13.9. The number of carboxylic acids is 1. The first-order chi connectivity index (χ1) is 20.2. The molecule has 3 heterocycles. The highest BCUT2D eigenvalue weighted by Crippen LogP contribution is 2.41. The van der Waals surface area contributed by atoms with E-state index in [-0.39, 0.29) is 41.4 Å². The van der Waals surface area contributed by atoms with Gasteiger partial charge < -0.3 is 40.0 Å². The van der Waals surface area contributed by atoms with E-state index in [2.05, 4.69) is 27.8 Å². The molecule has 0 aromatic heterocycles. The molecule has 42 heavy (non-hydrogen) atoms. The van der Waals surface area contributed by atoms with Gasteiger partial charge in [-0.2, -0.15) is 0 Å². The highest BCUT2D eigenvalue weighted by atomic mass is 16.6. The third kappa shape index (κ3) is 7.21. The monoisotopic (exact) mass is 584 g/mol. The molecule has 0 saturated carbocycles. The Labute approximate surface area is 243 Å². The zero-order valence-electron chi connectivity index (χ0n) is 23.9. The second-order valence-corrected chi connectivity index (χ2v) is 9.83. The minimum Gasteiger partial charge on any atom is -0.485 e. The van der Waals surface area contributed by atoms with Crippen LogP contribution in [0.15, 0.2) is 24.3 Å². The van der Waals surface area contributed by atoms with Gasteiger partial charge in [0.1, 0.15) is 32.0 Å². The summed E-state index contributed by atoms with van der Waals surface area (Å²) in [6, 6.07) is 6.60. The summed E-state index contributed by atoms with van der Waals surface area (Å²) in [6.07, 6.45) is 2.28. The van der Waals surface area contributed by atoms with Crippen LogP contribution in [0.5, 0.6) is 23.0 Å². The molecule has 3 aliphatic heterocycles. The number of aromatic carboxylic acids is 1. The first-order valence-corrected chi connectivity index (χ1v) is 13.9. The standard InChI is InChI=1S/C18H25N3O4.C11H11NO5/c1-3-21-8-4-5-13(21)11-19-18(23)14-6-7-15(20-12(2)22)17-16(14)24-9-10-25-17;1-6(13)12-8-3-2-7(11(14)15)9-10(8)17-5-4-16-9/h6-7,13H,3-5,8-11H2,1-2H3,(H,19,23)(H,20,22);2-3H,4-5H2,1H3,(H,12,13)(H,14,15). The Morgan fingerprint density at radius 2 is 1.31 bits per heavy atom. The summed E-state index contributed by atoms with van der Waals surface area (Å²) in [5, 5.41) is 17.3. The predicted molar refractivity (Wildman–Crippen MR) is 153 cm³/mol. The van der Waals surface area contributed by atoms with Crippen LogP contribution in [0.1, 0.15) is 54.3 Å². The molecule has 226 valence electrons. The van der Waals surface area contributed by atoms with Gasteiger partial charge in [-0.05, 0) is 50.2 Å². The smallest absolute Gasteiger partial charge is 0.339 e. The highest BCUT2D eigenvalue weighted by Gasteiger charge is 2.27. The number of rotatable bonds is 7. The number of fused-ring (bicyclic) bond motifs is 2. The van der Waals surface area contributed by atoms with Crippen LogP contribution in [0.2, 0.25) is 0 Å². The van der Waals surface area contributed by atoms with Crippen molar-refractivity contribution in [2.75, 3.05) is 56.7 Å². The molecule has 0 spiro atoms. The van der Waals surface area contributed by atoms with Gasteiger partial charge in [0.2, 0.25) is 11.8 Å². The van der Waals surface area contributed by atoms with E-state index in [1.807, 2.05) is 0 Å². The van der Waals surface area contributed by atoms with Gasteiger partial charge >= 0.3 is 5.97 Å². The number of carbonyl (C=O) groups is 4. The zero-order chi connectivity index (χ0) is 30.2. The minimum absolute atomic E-state index is 0.0220. The fourth-order valence-electron chi connectivity index (χ4n) is 5.05. The second kappa shape index (κ2) is 13.9. The Balaban J connectivity index is 0.000000208. The van der Waals surface area contributed by atoms with Crippen LogP contribution >= 0.6 is 0 Å². The van der Waals surface area contributed by atoms with Gasteiger partial charge in [0.05, 0.1) is 16.9 Å². The van der Waals surface area contributed by atoms with Crippen molar-refractivity contribution < 1.29 is 43.2 Å². The van der Waals surface area contributed by atoms with Crippen molar-refractivity contribution in [1.82, 2.24) is 10.2 Å². The number of amides is 3. The van der Waals surface area contributed by atoms with Crippen molar-refractivity contribution in [3.63, 3.8) is 0 Å². The Bertz CT molecular complexity index is 1350. The second-order valence-electron chi connectivity index (χ2n) is 9.83. The Morgan fingerprint density at radius 1 is 0.810 bits per heavy atom. The zero-order valence-corrected chi connectivity index (χ0v) is 23.9. The Hall–Kier alpha value is -4.52. The number of likely N-dealkylation sites (N-methyl/N-ethyl adjacent to an activating group) is 1. The number of ether oxygens (including phenoxy) is 4. The number of hydrogen-bond acceptors (Lipinski definition) is 9. The number of benzene rings is 2. The van der Waals surface area contributed by atoms with Crippen LogP contribution in [-0.4, -0.2) is 85.8 Å². The maximum atomic E-state index is 12.6. The van der Waals surface area contributed by atoms with E-state index in [9.17, 15) is 19.2 Å². The SMILES string of the molecule is CC(=O)Nc1ccc(C(=O)O)c2c1OCCO2.CCN1CCCC1CNC(=O)c1ccc(NC(C)=O)c2c1OCCO2. The molecule has 5 rings (SSSR count). The molecule has 1 unspecified atom stereocenters. The fourth-order valence-corrected chi connectivity index (χ4v) is 5.05. The normalized spacial score (nSPS) is 16.9. The summed E-state index contributed by atoms with van der Waals surface area (Å²) in [5.41, 5.74) is 1.39. The third-order valence-corrected chi connectivity index (χ3v) is 6.88. The molecule has 13 nitrogen and oxygen atoms in total. The van der Waals surface area contributed by atoms with E-state index in [1.165, 1.54) is 32.4 Å². The number of carbonyl (C=O) groups excluding carboxylic acids is 3. The van der Waals surface area contributed by atoms with Crippen LogP contribution in [0.3, 0.4) is 0 Å². The average molecular weight is 585 g/mol. The molecule has 1 fully saturated rings. The number of likely N-dealkylation sites (tertiary alicyclic amines) is 1. The summed E-state index contributed by atoms with van der Waals surface area (Å²) >= 11 is 0. The van der Waals surface area contributed by atoms with Gasteiger partial charge in [0.25, 0.3) is 5.91 Å². The van der Waals surface area contributed by atoms with E-state index in [0.29, 0.717) is 60.8 Å². The van der Waals surface area contributed by atoms with Crippen molar-refractivity contribution in [3.8, 4) is 23.0 Å². The average Bonchev–Trinajstić information content (AvgIpc) is 3.43. The molecule has 4 N–H and O–H groups in total. The maximum absolute atomic E-state index is 12.6. The summed E-state index contributed by atoms with van der Waals surface area (Å²) < 4.78 is 21.9. The molecule has 3 amide bonds. The van der Waals surface area contributed by atoms with Crippen LogP contribution in [0.25, 0.3) is 0 Å². The topological polar surface area (TPSA) is 165 Å². The van der Waals surface area contributed by atoms with Crippen molar-refractivity contribution in [2.24, 2.45) is 0 Å². The van der Waals surface area contributed by atoms with E-state index >= 15 is 0 Å². The number of nitrogens with one attached hydrogen (secondary N) is 3. The van der Waals surface area contributed by atoms with Crippen LogP contribution in [-0.2, 0) is 9.59 Å². The molecule has 0 bridgehead atoms. The maximum Gasteiger partial charge on any atom is 0.339 e. The van der Waals surface area contributed by atoms with Crippen molar-refractivity contribution >= 4 is 35.1 Å². The van der Waals surface area contributed by atoms with Gasteiger partial charge in [-0.1, -0.05) is 6.92 Å². The lowest BCUT2D eigenvalue weighted by atomic mass is 10.1. The number of hydrogen-bond donors (Lipinski definition) is 4. The summed E-state index contributed by atoms with van der Waals surface area (Å²) in [7, 11) is 0. The predicted octanol–water partition coefficient (Wildman–Crippen LogP) is 2.74. The van der Waals surface area contributed by atoms with Crippen LogP contribution < -0.4 is 34.9 Å². The largest absolute Gasteiger partial charge is 0.485 e. The summed E-state index contributed by atoms with van der Waals surface area (Å²) in [4.78, 5) is 48.3. The molecular formula is C29H36N4O9. The summed E-state index contributed by atoms with van der Waals surface area (Å²) in [6.45, 7) is 9.02. The quantitative estimate of drug-likeness (QED) is 0.380. The fraction of sp³-hybridized carbons (Fsp3) is 0.448. The number of nitrogens with zero attached hydrogens (tertiary/aromatic N) is 1. The lowest BCUT2D eigenvalue weighted by Crippen LogP contribution is -2.40. The van der Waals surface area contributed by atoms with Crippen LogP contribution in [0, 0.1) is 0 Å². The van der Waals surface area contributed by atoms with Crippen molar-refractivity contribution in [3.05, 3.63) is 35.4 Å². The molecule has 1 atom stereocenters. The van der Waals surface area contributed by atoms with Crippen molar-refractivity contribution in [2.45, 2.75) is 39.7 Å². The molecule has 3 aliphatic rings. The van der Waals surface area contributed by atoms with E-state index in [1.54, 1.807) is 12.1 Å². The van der Waals surface area contributed by atoms with Gasteiger partial charge in [0.15, 0.2) is 23.0 Å². The molecule has 2 aromatic carbocycles. The third-order valence-electron chi connectivity index (χ3n) is 6.88. The van der Waals surface area contributed by atoms with Gasteiger partial charge in [-0.3, -0.25) is 19.3 Å². The van der Waals surface area contributed by atoms with Gasteiger partial charge in [-0.15, -0.1) is 0 Å². The molecule has 2 aromatic rings. The first kappa shape index (κ1) is 30.4.